The van der Waals surface area contributed by atoms with Crippen LogP contribution < -0.4 is 15.4 Å². The number of nitrogens with zero attached hydrogens (tertiary/aromatic N) is 2. The molecule has 0 aliphatic carbocycles. The zero-order chi connectivity index (χ0) is 17.4. The maximum absolute atomic E-state index is 5.76. The summed E-state index contributed by atoms with van der Waals surface area (Å²) in [5.74, 6) is 1.74. The van der Waals surface area contributed by atoms with E-state index in [0.29, 0.717) is 0 Å². The van der Waals surface area contributed by atoms with Gasteiger partial charge in [-0.25, -0.2) is 0 Å². The second kappa shape index (κ2) is 11.5. The van der Waals surface area contributed by atoms with Crippen LogP contribution in [0, 0.1) is 6.92 Å². The number of hydrogen-bond donors (Lipinski definition) is 2. The smallest absolute Gasteiger partial charge is 0.191 e. The molecule has 0 bridgehead atoms. The van der Waals surface area contributed by atoms with Gasteiger partial charge in [0.2, 0.25) is 0 Å². The third kappa shape index (κ3) is 7.37. The summed E-state index contributed by atoms with van der Waals surface area (Å²) in [7, 11) is 5.62. The van der Waals surface area contributed by atoms with Gasteiger partial charge in [0.25, 0.3) is 0 Å². The van der Waals surface area contributed by atoms with Crippen LogP contribution in [0.1, 0.15) is 11.1 Å². The van der Waals surface area contributed by atoms with Crippen LogP contribution in [0.4, 0.5) is 0 Å². The Labute approximate surface area is 168 Å². The molecule has 1 aromatic rings. The number of benzene rings is 1. The number of hydrogen-bond acceptors (Lipinski definition) is 4. The third-order valence-corrected chi connectivity index (χ3v) is 4.19. The van der Waals surface area contributed by atoms with E-state index in [-0.39, 0.29) is 30.1 Å². The zero-order valence-corrected chi connectivity index (χ0v) is 18.0. The molecule has 1 atom stereocenters. The molecule has 0 spiro atoms. The van der Waals surface area contributed by atoms with Gasteiger partial charge in [0.15, 0.2) is 5.96 Å². The molecule has 1 aromatic carbocycles. The number of likely N-dealkylation sites (N-methyl/N-ethyl adjacent to an activating group) is 1. The van der Waals surface area contributed by atoms with Crippen LogP contribution in [0.25, 0.3) is 0 Å². The molecule has 142 valence electrons. The van der Waals surface area contributed by atoms with E-state index in [9.17, 15) is 0 Å². The van der Waals surface area contributed by atoms with Crippen LogP contribution in [0.2, 0.25) is 0 Å². The molecule has 1 fully saturated rings. The van der Waals surface area contributed by atoms with E-state index >= 15 is 0 Å². The minimum absolute atomic E-state index is 0. The molecule has 25 heavy (non-hydrogen) atoms. The first-order valence-corrected chi connectivity index (χ1v) is 8.50. The standard InChI is InChI=1S/C18H30N4O2.HI/c1-14-5-6-17(23-4)15(11-14)7-8-20-18(19-2)21-12-16-13-22(3)9-10-24-16;/h5-6,11,16H,7-10,12-13H2,1-4H3,(H2,19,20,21);1H. The number of guanidine groups is 1. The van der Waals surface area contributed by atoms with Gasteiger partial charge in [0, 0.05) is 33.2 Å². The molecule has 1 saturated heterocycles. The van der Waals surface area contributed by atoms with E-state index in [1.807, 2.05) is 6.07 Å². The van der Waals surface area contributed by atoms with Gasteiger partial charge in [-0.05, 0) is 32.0 Å². The fourth-order valence-corrected chi connectivity index (χ4v) is 2.84. The first kappa shape index (κ1) is 22.0. The Hall–Kier alpha value is -1.06. The quantitative estimate of drug-likeness (QED) is 0.383. The number of ether oxygens (including phenoxy) is 2. The van der Waals surface area contributed by atoms with Gasteiger partial charge in [0.1, 0.15) is 5.75 Å². The van der Waals surface area contributed by atoms with Crippen LogP contribution in [-0.2, 0) is 11.2 Å². The Kier molecular flexibility index (Phi) is 10.1. The van der Waals surface area contributed by atoms with Crippen LogP contribution >= 0.6 is 24.0 Å². The van der Waals surface area contributed by atoms with E-state index in [1.54, 1.807) is 14.2 Å². The fourth-order valence-electron chi connectivity index (χ4n) is 2.84. The van der Waals surface area contributed by atoms with Gasteiger partial charge in [-0.3, -0.25) is 4.99 Å². The van der Waals surface area contributed by atoms with Crippen molar-refractivity contribution in [3.63, 3.8) is 0 Å². The van der Waals surface area contributed by atoms with Gasteiger partial charge in [-0.15, -0.1) is 24.0 Å². The Morgan fingerprint density at radius 3 is 2.88 bits per heavy atom. The van der Waals surface area contributed by atoms with Crippen molar-refractivity contribution in [3.05, 3.63) is 29.3 Å². The second-order valence-electron chi connectivity index (χ2n) is 6.20. The molecule has 2 N–H and O–H groups in total. The van der Waals surface area contributed by atoms with E-state index in [2.05, 4.69) is 46.6 Å². The Bertz CT molecular complexity index is 554. The van der Waals surface area contributed by atoms with Gasteiger partial charge in [-0.2, -0.15) is 0 Å². The minimum atomic E-state index is 0. The molecule has 0 radical (unpaired) electrons. The van der Waals surface area contributed by atoms with E-state index in [4.69, 9.17) is 9.47 Å². The molecule has 6 nitrogen and oxygen atoms in total. The van der Waals surface area contributed by atoms with E-state index in [0.717, 1.165) is 50.9 Å². The summed E-state index contributed by atoms with van der Waals surface area (Å²) in [5, 5.41) is 6.70. The molecule has 1 aliphatic rings. The predicted octanol–water partition coefficient (Wildman–Crippen LogP) is 1.66. The Morgan fingerprint density at radius 1 is 1.40 bits per heavy atom. The molecule has 1 unspecified atom stereocenters. The van der Waals surface area contributed by atoms with Crippen molar-refractivity contribution >= 4 is 29.9 Å². The molecule has 1 heterocycles. The van der Waals surface area contributed by atoms with E-state index in [1.165, 1.54) is 11.1 Å². The average molecular weight is 462 g/mol. The van der Waals surface area contributed by atoms with Gasteiger partial charge in [0.05, 0.1) is 19.8 Å². The van der Waals surface area contributed by atoms with Crippen LogP contribution in [0.3, 0.4) is 0 Å². The van der Waals surface area contributed by atoms with Crippen molar-refractivity contribution in [1.29, 1.82) is 0 Å². The number of aryl methyl sites for hydroxylation is 1. The lowest BCUT2D eigenvalue weighted by Crippen LogP contribution is -2.48. The summed E-state index contributed by atoms with van der Waals surface area (Å²) in [6, 6.07) is 6.26. The van der Waals surface area contributed by atoms with Crippen molar-refractivity contribution in [1.82, 2.24) is 15.5 Å². The highest BCUT2D eigenvalue weighted by Crippen LogP contribution is 2.19. The van der Waals surface area contributed by atoms with Crippen molar-refractivity contribution < 1.29 is 9.47 Å². The van der Waals surface area contributed by atoms with Crippen LogP contribution in [-0.4, -0.2) is 71.0 Å². The topological polar surface area (TPSA) is 58.1 Å². The number of methoxy groups -OCH3 is 1. The molecule has 7 heteroatoms. The first-order chi connectivity index (χ1) is 11.6. The highest BCUT2D eigenvalue weighted by molar-refractivity contribution is 14.0. The lowest BCUT2D eigenvalue weighted by molar-refractivity contribution is -0.0161. The van der Waals surface area contributed by atoms with Crippen molar-refractivity contribution in [2.24, 2.45) is 4.99 Å². The normalized spacial score (nSPS) is 18.4. The number of rotatable bonds is 6. The zero-order valence-electron chi connectivity index (χ0n) is 15.7. The lowest BCUT2D eigenvalue weighted by atomic mass is 10.1. The molecule has 1 aliphatic heterocycles. The molecular weight excluding hydrogens is 431 g/mol. The van der Waals surface area contributed by atoms with Gasteiger partial charge >= 0.3 is 0 Å². The van der Waals surface area contributed by atoms with Crippen molar-refractivity contribution in [2.75, 3.05) is 54.0 Å². The monoisotopic (exact) mass is 462 g/mol. The molecule has 0 amide bonds. The second-order valence-corrected chi connectivity index (χ2v) is 6.20. The van der Waals surface area contributed by atoms with Crippen LogP contribution in [0.15, 0.2) is 23.2 Å². The summed E-state index contributed by atoms with van der Waals surface area (Å²) in [6.07, 6.45) is 1.09. The summed E-state index contributed by atoms with van der Waals surface area (Å²) in [6.45, 7) is 6.40. The molecule has 0 saturated carbocycles. The SMILES string of the molecule is CN=C(NCCc1cc(C)ccc1OC)NCC1CN(C)CCO1.I. The predicted molar refractivity (Wildman–Crippen MR) is 113 cm³/mol. The number of nitrogens with one attached hydrogen (secondary N) is 2. The molecular formula is C18H31IN4O2. The molecule has 2 rings (SSSR count). The van der Waals surface area contributed by atoms with Gasteiger partial charge < -0.3 is 25.0 Å². The number of aliphatic imine (C=N–C) groups is 1. The fraction of sp³-hybridized carbons (Fsp3) is 0.611. The lowest BCUT2D eigenvalue weighted by Gasteiger charge is -2.30. The Balaban J connectivity index is 0.00000312. The first-order valence-electron chi connectivity index (χ1n) is 8.50. The summed E-state index contributed by atoms with van der Waals surface area (Å²) in [4.78, 5) is 6.56. The summed E-state index contributed by atoms with van der Waals surface area (Å²) >= 11 is 0. The Morgan fingerprint density at radius 2 is 2.20 bits per heavy atom. The molecule has 0 aromatic heterocycles. The number of halogens is 1. The van der Waals surface area contributed by atoms with E-state index < -0.39 is 0 Å². The minimum Gasteiger partial charge on any atom is -0.496 e. The van der Waals surface area contributed by atoms with Crippen molar-refractivity contribution in [2.45, 2.75) is 19.4 Å². The maximum atomic E-state index is 5.76. The van der Waals surface area contributed by atoms with Crippen LogP contribution in [0.5, 0.6) is 5.75 Å². The largest absolute Gasteiger partial charge is 0.496 e. The van der Waals surface area contributed by atoms with Gasteiger partial charge in [-0.1, -0.05) is 17.7 Å². The average Bonchev–Trinajstić information content (AvgIpc) is 2.58. The van der Waals surface area contributed by atoms with Crippen molar-refractivity contribution in [3.8, 4) is 5.75 Å². The number of morpholine rings is 1. The highest BCUT2D eigenvalue weighted by atomic mass is 127. The third-order valence-electron chi connectivity index (χ3n) is 4.19. The summed E-state index contributed by atoms with van der Waals surface area (Å²) in [5.41, 5.74) is 2.45. The maximum Gasteiger partial charge on any atom is 0.191 e. The summed E-state index contributed by atoms with van der Waals surface area (Å²) < 4.78 is 11.2. The highest BCUT2D eigenvalue weighted by Gasteiger charge is 2.17.